The van der Waals surface area contributed by atoms with Crippen LogP contribution in [0.1, 0.15) is 49.9 Å². The Kier molecular flexibility index (Phi) is 4.15. The predicted octanol–water partition coefficient (Wildman–Crippen LogP) is 12.6. The molecule has 0 aliphatic heterocycles. The fraction of sp³-hybridized carbons (Fsp3) is 0.125. The van der Waals surface area contributed by atoms with E-state index in [-0.39, 0.29) is 10.8 Å². The van der Waals surface area contributed by atoms with E-state index in [0.29, 0.717) is 0 Å². The molecular weight excluding hydrogens is 605 g/mol. The molecule has 0 N–H and O–H groups in total. The first-order valence-corrected chi connectivity index (χ1v) is 17.9. The van der Waals surface area contributed by atoms with Crippen molar-refractivity contribution >= 4 is 76.2 Å². The highest BCUT2D eigenvalue weighted by molar-refractivity contribution is 6.29. The molecule has 2 aliphatic rings. The van der Waals surface area contributed by atoms with Gasteiger partial charge in [0.2, 0.25) is 0 Å². The standard InChI is InChI=1S/C48H32N2/c1-47(2)37-17-7-5-11-25(37)31-19-33-27-13-9-15-29-35-22-42-36(21-41(35)49(45(27)29)43(33)23-39(31)47)30-16-10-14-28-34-20-32-26-12-6-8-18-38(26)48(3,4)40(32)24-44(34)50(42)46(28)30/h5-24H,1-4H3. The molecule has 11 aromatic rings. The van der Waals surface area contributed by atoms with Crippen LogP contribution in [0.3, 0.4) is 0 Å². The SMILES string of the molecule is CC1(C)c2ccccc2-c2cc3c4cccc5c6cc7c(cc6n(c3cc21)c45)c1cccc2c3cc4c(cc3n7c21)C(C)(C)c1ccccc1-4. The molecule has 50 heavy (non-hydrogen) atoms. The van der Waals surface area contributed by atoms with Crippen molar-refractivity contribution in [2.75, 3.05) is 0 Å². The van der Waals surface area contributed by atoms with Gasteiger partial charge in [-0.1, -0.05) is 113 Å². The smallest absolute Gasteiger partial charge is 0.0620 e. The molecule has 0 saturated heterocycles. The first kappa shape index (κ1) is 26.1. The van der Waals surface area contributed by atoms with E-state index in [1.807, 2.05) is 0 Å². The van der Waals surface area contributed by atoms with E-state index < -0.39 is 0 Å². The van der Waals surface area contributed by atoms with Crippen molar-refractivity contribution in [3.05, 3.63) is 144 Å². The van der Waals surface area contributed by atoms with Crippen LogP contribution in [0, 0.1) is 0 Å². The molecule has 0 saturated carbocycles. The molecule has 0 radical (unpaired) electrons. The van der Waals surface area contributed by atoms with Gasteiger partial charge in [0.05, 0.1) is 33.1 Å². The number of hydrogen-bond acceptors (Lipinski definition) is 0. The minimum Gasteiger partial charge on any atom is -0.308 e. The molecule has 4 heterocycles. The Morgan fingerprint density at radius 3 is 1.10 bits per heavy atom. The molecular formula is C48H32N2. The summed E-state index contributed by atoms with van der Waals surface area (Å²) in [6, 6.07) is 46.8. The maximum absolute atomic E-state index is 2.58. The molecule has 0 spiro atoms. The zero-order valence-electron chi connectivity index (χ0n) is 28.4. The summed E-state index contributed by atoms with van der Waals surface area (Å²) >= 11 is 0. The second-order valence-electron chi connectivity index (χ2n) is 16.1. The van der Waals surface area contributed by atoms with Crippen molar-refractivity contribution in [3.8, 4) is 22.3 Å². The second-order valence-corrected chi connectivity index (χ2v) is 16.1. The van der Waals surface area contributed by atoms with E-state index in [4.69, 9.17) is 0 Å². The van der Waals surface area contributed by atoms with Crippen LogP contribution in [0.2, 0.25) is 0 Å². The third-order valence-corrected chi connectivity index (χ3v) is 13.2. The Labute approximate surface area is 288 Å². The second kappa shape index (κ2) is 7.95. The maximum Gasteiger partial charge on any atom is 0.0620 e. The summed E-state index contributed by atoms with van der Waals surface area (Å²) < 4.78 is 5.15. The molecule has 234 valence electrons. The van der Waals surface area contributed by atoms with Crippen molar-refractivity contribution in [3.63, 3.8) is 0 Å². The normalized spacial score (nSPS) is 15.9. The van der Waals surface area contributed by atoms with Crippen molar-refractivity contribution in [2.45, 2.75) is 38.5 Å². The Morgan fingerprint density at radius 1 is 0.320 bits per heavy atom. The van der Waals surface area contributed by atoms with Crippen LogP contribution in [-0.2, 0) is 10.8 Å². The lowest BCUT2D eigenvalue weighted by atomic mass is 9.82. The van der Waals surface area contributed by atoms with Gasteiger partial charge in [0, 0.05) is 53.9 Å². The molecule has 0 bridgehead atoms. The fourth-order valence-electron chi connectivity index (χ4n) is 10.8. The minimum atomic E-state index is -0.0462. The minimum absolute atomic E-state index is 0.0462. The number of hydrogen-bond donors (Lipinski definition) is 0. The van der Waals surface area contributed by atoms with Gasteiger partial charge in [-0.2, -0.15) is 0 Å². The number of rotatable bonds is 0. The number of benzene rings is 7. The zero-order valence-corrected chi connectivity index (χ0v) is 28.4. The van der Waals surface area contributed by atoms with Gasteiger partial charge in [-0.05, 0) is 80.9 Å². The molecule has 0 unspecified atom stereocenters. The lowest BCUT2D eigenvalue weighted by Crippen LogP contribution is -2.14. The lowest BCUT2D eigenvalue weighted by molar-refractivity contribution is 0.661. The zero-order chi connectivity index (χ0) is 33.0. The van der Waals surface area contributed by atoms with Crippen molar-refractivity contribution in [1.82, 2.24) is 8.80 Å². The summed E-state index contributed by atoms with van der Waals surface area (Å²) in [6.07, 6.45) is 0. The van der Waals surface area contributed by atoms with Crippen LogP contribution in [0.25, 0.3) is 98.4 Å². The van der Waals surface area contributed by atoms with E-state index in [2.05, 4.69) is 158 Å². The number of aromatic nitrogens is 2. The molecule has 4 aromatic heterocycles. The van der Waals surface area contributed by atoms with Gasteiger partial charge >= 0.3 is 0 Å². The molecule has 2 aliphatic carbocycles. The first-order chi connectivity index (χ1) is 24.3. The maximum atomic E-state index is 2.58. The van der Waals surface area contributed by atoms with Gasteiger partial charge in [0.15, 0.2) is 0 Å². The van der Waals surface area contributed by atoms with Crippen molar-refractivity contribution in [2.24, 2.45) is 0 Å². The Hall–Kier alpha value is -5.86. The Bertz CT molecular complexity index is 3140. The molecule has 7 aromatic carbocycles. The molecule has 0 amide bonds. The summed E-state index contributed by atoms with van der Waals surface area (Å²) in [7, 11) is 0. The van der Waals surface area contributed by atoms with Gasteiger partial charge < -0.3 is 8.80 Å². The van der Waals surface area contributed by atoms with Crippen LogP contribution in [0.4, 0.5) is 0 Å². The summed E-state index contributed by atoms with van der Waals surface area (Å²) in [5, 5.41) is 10.7. The monoisotopic (exact) mass is 636 g/mol. The topological polar surface area (TPSA) is 8.82 Å². The van der Waals surface area contributed by atoms with Gasteiger partial charge in [0.25, 0.3) is 0 Å². The van der Waals surface area contributed by atoms with E-state index in [1.165, 1.54) is 121 Å². The molecule has 13 rings (SSSR count). The third kappa shape index (κ3) is 2.65. The van der Waals surface area contributed by atoms with Crippen molar-refractivity contribution < 1.29 is 0 Å². The Morgan fingerprint density at radius 2 is 0.680 bits per heavy atom. The van der Waals surface area contributed by atoms with E-state index >= 15 is 0 Å². The highest BCUT2D eigenvalue weighted by Gasteiger charge is 2.38. The van der Waals surface area contributed by atoms with Crippen molar-refractivity contribution in [1.29, 1.82) is 0 Å². The van der Waals surface area contributed by atoms with Gasteiger partial charge in [-0.25, -0.2) is 0 Å². The van der Waals surface area contributed by atoms with Crippen LogP contribution >= 0.6 is 0 Å². The molecule has 0 atom stereocenters. The fourth-order valence-corrected chi connectivity index (χ4v) is 10.8. The average molecular weight is 637 g/mol. The lowest BCUT2D eigenvalue weighted by Gasteiger charge is -2.21. The molecule has 0 fully saturated rings. The highest BCUT2D eigenvalue weighted by Crippen LogP contribution is 2.54. The number of fused-ring (bicyclic) bond motifs is 18. The quantitative estimate of drug-likeness (QED) is 0.157. The number of para-hydroxylation sites is 2. The summed E-state index contributed by atoms with van der Waals surface area (Å²) in [5.74, 6) is 0. The predicted molar refractivity (Wildman–Crippen MR) is 211 cm³/mol. The van der Waals surface area contributed by atoms with E-state index in [9.17, 15) is 0 Å². The van der Waals surface area contributed by atoms with E-state index in [1.54, 1.807) is 0 Å². The van der Waals surface area contributed by atoms with Crippen LogP contribution < -0.4 is 0 Å². The highest BCUT2D eigenvalue weighted by atomic mass is 14.9. The van der Waals surface area contributed by atoms with Gasteiger partial charge in [-0.15, -0.1) is 0 Å². The molecule has 2 nitrogen and oxygen atoms in total. The van der Waals surface area contributed by atoms with Crippen LogP contribution in [-0.4, -0.2) is 8.80 Å². The molecule has 2 heteroatoms. The number of nitrogens with zero attached hydrogens (tertiary/aromatic N) is 2. The average Bonchev–Trinajstić information content (AvgIpc) is 3.93. The summed E-state index contributed by atoms with van der Waals surface area (Å²) in [5.41, 5.74) is 19.0. The van der Waals surface area contributed by atoms with Gasteiger partial charge in [-0.3, -0.25) is 0 Å². The van der Waals surface area contributed by atoms with Crippen LogP contribution in [0.5, 0.6) is 0 Å². The van der Waals surface area contributed by atoms with E-state index in [0.717, 1.165) is 0 Å². The summed E-state index contributed by atoms with van der Waals surface area (Å²) in [4.78, 5) is 0. The largest absolute Gasteiger partial charge is 0.308 e. The van der Waals surface area contributed by atoms with Gasteiger partial charge in [0.1, 0.15) is 0 Å². The Balaban J connectivity index is 1.17. The third-order valence-electron chi connectivity index (χ3n) is 13.2. The summed E-state index contributed by atoms with van der Waals surface area (Å²) in [6.45, 7) is 9.54. The van der Waals surface area contributed by atoms with Crippen LogP contribution in [0.15, 0.2) is 121 Å². The first-order valence-electron chi connectivity index (χ1n) is 17.9.